The summed E-state index contributed by atoms with van der Waals surface area (Å²) in [4.78, 5) is 24.3. The first-order chi connectivity index (χ1) is 10.1. The van der Waals surface area contributed by atoms with Crippen molar-refractivity contribution in [3.8, 4) is 5.75 Å². The van der Waals surface area contributed by atoms with Gasteiger partial charge in [0.1, 0.15) is 5.75 Å². The first-order valence-electron chi connectivity index (χ1n) is 6.54. The average Bonchev–Trinajstić information content (AvgIpc) is 2.45. The van der Waals surface area contributed by atoms with E-state index in [1.807, 2.05) is 6.07 Å². The second-order valence-electron chi connectivity index (χ2n) is 4.42. The van der Waals surface area contributed by atoms with Crippen molar-refractivity contribution < 1.29 is 19.4 Å². The Morgan fingerprint density at radius 3 is 2.76 bits per heavy atom. The van der Waals surface area contributed by atoms with Crippen LogP contribution in [-0.2, 0) is 9.59 Å². The number of rotatable bonds is 9. The van der Waals surface area contributed by atoms with E-state index in [-0.39, 0.29) is 18.9 Å². The Labute approximate surface area is 124 Å². The number of amides is 1. The van der Waals surface area contributed by atoms with Gasteiger partial charge in [-0.05, 0) is 12.1 Å². The molecule has 6 nitrogen and oxygen atoms in total. The maximum absolute atomic E-state index is 12.0. The Morgan fingerprint density at radius 2 is 2.14 bits per heavy atom. The minimum absolute atomic E-state index is 0.0181. The van der Waals surface area contributed by atoms with Gasteiger partial charge in [0.05, 0.1) is 25.8 Å². The zero-order valence-electron chi connectivity index (χ0n) is 12.0. The molecule has 1 rings (SSSR count). The smallest absolute Gasteiger partial charge is 0.304 e. The molecule has 0 unspecified atom stereocenters. The molecule has 21 heavy (non-hydrogen) atoms. The van der Waals surface area contributed by atoms with Crippen LogP contribution in [0.5, 0.6) is 5.75 Å². The molecule has 0 atom stereocenters. The molecule has 0 aliphatic rings. The van der Waals surface area contributed by atoms with E-state index in [9.17, 15) is 9.59 Å². The van der Waals surface area contributed by atoms with Crippen LogP contribution >= 0.6 is 0 Å². The lowest BCUT2D eigenvalue weighted by molar-refractivity contribution is -0.137. The van der Waals surface area contributed by atoms with Gasteiger partial charge < -0.3 is 15.2 Å². The van der Waals surface area contributed by atoms with Gasteiger partial charge in [0.25, 0.3) is 0 Å². The molecule has 1 aromatic rings. The van der Waals surface area contributed by atoms with Crippen molar-refractivity contribution in [2.45, 2.75) is 6.42 Å². The number of hydrogen-bond acceptors (Lipinski definition) is 4. The highest BCUT2D eigenvalue weighted by molar-refractivity contribution is 5.93. The molecule has 6 heteroatoms. The second kappa shape index (κ2) is 8.76. The first kappa shape index (κ1) is 16.7. The van der Waals surface area contributed by atoms with Crippen molar-refractivity contribution in [1.82, 2.24) is 4.90 Å². The van der Waals surface area contributed by atoms with Crippen molar-refractivity contribution in [1.29, 1.82) is 0 Å². The SMILES string of the molecule is C=CCN(CCC(=O)O)CC(=O)Nc1ccccc1OC. The summed E-state index contributed by atoms with van der Waals surface area (Å²) in [6.07, 6.45) is 1.62. The molecule has 0 aromatic heterocycles. The number of ether oxygens (including phenoxy) is 1. The number of carboxylic acid groups (broad SMARTS) is 1. The maximum atomic E-state index is 12.0. The highest BCUT2D eigenvalue weighted by Crippen LogP contribution is 2.22. The summed E-state index contributed by atoms with van der Waals surface area (Å²) in [6.45, 7) is 4.44. The predicted octanol–water partition coefficient (Wildman–Crippen LogP) is 1.60. The van der Waals surface area contributed by atoms with Crippen LogP contribution in [0, 0.1) is 0 Å². The van der Waals surface area contributed by atoms with Crippen molar-refractivity contribution in [3.63, 3.8) is 0 Å². The van der Waals surface area contributed by atoms with Crippen molar-refractivity contribution in [3.05, 3.63) is 36.9 Å². The quantitative estimate of drug-likeness (QED) is 0.676. The summed E-state index contributed by atoms with van der Waals surface area (Å²) in [5.41, 5.74) is 0.585. The number of aliphatic carboxylic acids is 1. The van der Waals surface area contributed by atoms with Gasteiger partial charge in [0.15, 0.2) is 0 Å². The molecular weight excluding hydrogens is 272 g/mol. The molecule has 1 aromatic carbocycles. The third-order valence-corrected chi connectivity index (χ3v) is 2.78. The van der Waals surface area contributed by atoms with Crippen molar-refractivity contribution in [2.75, 3.05) is 32.1 Å². The molecule has 0 spiro atoms. The van der Waals surface area contributed by atoms with Gasteiger partial charge in [-0.25, -0.2) is 0 Å². The summed E-state index contributed by atoms with van der Waals surface area (Å²) in [5.74, 6) is -0.549. The third kappa shape index (κ3) is 6.09. The van der Waals surface area contributed by atoms with E-state index in [1.165, 1.54) is 7.11 Å². The number of para-hydroxylation sites is 2. The van der Waals surface area contributed by atoms with Gasteiger partial charge in [-0.2, -0.15) is 0 Å². The number of methoxy groups -OCH3 is 1. The fourth-order valence-corrected chi connectivity index (χ4v) is 1.81. The van der Waals surface area contributed by atoms with Gasteiger partial charge in [-0.15, -0.1) is 6.58 Å². The monoisotopic (exact) mass is 292 g/mol. The number of nitrogens with zero attached hydrogens (tertiary/aromatic N) is 1. The lowest BCUT2D eigenvalue weighted by Gasteiger charge is -2.19. The van der Waals surface area contributed by atoms with Crippen LogP contribution in [0.1, 0.15) is 6.42 Å². The third-order valence-electron chi connectivity index (χ3n) is 2.78. The number of carbonyl (C=O) groups is 2. The topological polar surface area (TPSA) is 78.9 Å². The molecule has 0 saturated heterocycles. The van der Waals surface area contributed by atoms with Crippen LogP contribution in [0.2, 0.25) is 0 Å². The predicted molar refractivity (Wildman–Crippen MR) is 80.5 cm³/mol. The maximum Gasteiger partial charge on any atom is 0.304 e. The lowest BCUT2D eigenvalue weighted by atomic mass is 10.3. The number of carbonyl (C=O) groups excluding carboxylic acids is 1. The number of benzene rings is 1. The first-order valence-corrected chi connectivity index (χ1v) is 6.54. The highest BCUT2D eigenvalue weighted by atomic mass is 16.5. The summed E-state index contributed by atoms with van der Waals surface area (Å²) in [6, 6.07) is 7.10. The van der Waals surface area contributed by atoms with E-state index in [1.54, 1.807) is 29.2 Å². The van der Waals surface area contributed by atoms with Crippen molar-refractivity contribution >= 4 is 17.6 Å². The lowest BCUT2D eigenvalue weighted by Crippen LogP contribution is -2.35. The molecule has 1 amide bonds. The normalized spacial score (nSPS) is 10.2. The summed E-state index contributed by atoms with van der Waals surface area (Å²) in [5, 5.41) is 11.4. The molecule has 0 fully saturated rings. The molecular formula is C15H20N2O4. The molecule has 0 aliphatic carbocycles. The Kier molecular flexibility index (Phi) is 6.97. The van der Waals surface area contributed by atoms with Crippen LogP contribution in [-0.4, -0.2) is 48.6 Å². The largest absolute Gasteiger partial charge is 0.495 e. The Morgan fingerprint density at radius 1 is 1.43 bits per heavy atom. The van der Waals surface area contributed by atoms with Crippen LogP contribution < -0.4 is 10.1 Å². The second-order valence-corrected chi connectivity index (χ2v) is 4.42. The number of anilines is 1. The van der Waals surface area contributed by atoms with Crippen LogP contribution in [0.3, 0.4) is 0 Å². The summed E-state index contributed by atoms with van der Waals surface area (Å²) < 4.78 is 5.16. The fraction of sp³-hybridized carbons (Fsp3) is 0.333. The molecule has 114 valence electrons. The molecule has 0 heterocycles. The van der Waals surface area contributed by atoms with E-state index in [0.717, 1.165) is 0 Å². The molecule has 0 saturated carbocycles. The van der Waals surface area contributed by atoms with Crippen molar-refractivity contribution in [2.24, 2.45) is 0 Å². The summed E-state index contributed by atoms with van der Waals surface area (Å²) in [7, 11) is 1.53. The number of hydrogen-bond donors (Lipinski definition) is 2. The minimum Gasteiger partial charge on any atom is -0.495 e. The molecule has 0 aliphatic heterocycles. The van der Waals surface area contributed by atoms with Crippen LogP contribution in [0.4, 0.5) is 5.69 Å². The number of nitrogens with one attached hydrogen (secondary N) is 1. The van der Waals surface area contributed by atoms with E-state index in [0.29, 0.717) is 24.5 Å². The minimum atomic E-state index is -0.894. The molecule has 0 bridgehead atoms. The van der Waals surface area contributed by atoms with Gasteiger partial charge in [-0.3, -0.25) is 14.5 Å². The Hall–Kier alpha value is -2.34. The van der Waals surface area contributed by atoms with Gasteiger partial charge in [0.2, 0.25) is 5.91 Å². The zero-order valence-corrected chi connectivity index (χ0v) is 12.0. The molecule has 0 radical (unpaired) electrons. The molecule has 2 N–H and O–H groups in total. The zero-order chi connectivity index (χ0) is 15.7. The van der Waals surface area contributed by atoms with Gasteiger partial charge in [0, 0.05) is 13.1 Å². The summed E-state index contributed by atoms with van der Waals surface area (Å²) >= 11 is 0. The average molecular weight is 292 g/mol. The Bertz CT molecular complexity index is 502. The highest BCUT2D eigenvalue weighted by Gasteiger charge is 2.12. The standard InChI is InChI=1S/C15H20N2O4/c1-3-9-17(10-8-15(19)20)11-14(18)16-12-6-4-5-7-13(12)21-2/h3-7H,1,8-11H2,2H3,(H,16,18)(H,19,20). The number of carboxylic acids is 1. The van der Waals surface area contributed by atoms with E-state index in [2.05, 4.69) is 11.9 Å². The van der Waals surface area contributed by atoms with E-state index in [4.69, 9.17) is 9.84 Å². The fourth-order valence-electron chi connectivity index (χ4n) is 1.81. The van der Waals surface area contributed by atoms with Gasteiger partial charge in [-0.1, -0.05) is 18.2 Å². The van der Waals surface area contributed by atoms with Crippen LogP contribution in [0.15, 0.2) is 36.9 Å². The van der Waals surface area contributed by atoms with Crippen LogP contribution in [0.25, 0.3) is 0 Å². The van der Waals surface area contributed by atoms with Gasteiger partial charge >= 0.3 is 5.97 Å². The van der Waals surface area contributed by atoms with E-state index >= 15 is 0 Å². The van der Waals surface area contributed by atoms with E-state index < -0.39 is 5.97 Å². The Balaban J connectivity index is 2.60.